The maximum Gasteiger partial charge on any atom is 1.00 e. The van der Waals surface area contributed by atoms with E-state index in [1.54, 1.807) is 55.9 Å². The number of phenols is 2. The number of carboxylic acids is 1. The van der Waals surface area contributed by atoms with Gasteiger partial charge in [0, 0.05) is 58.3 Å². The third-order valence-corrected chi connectivity index (χ3v) is 11.3. The van der Waals surface area contributed by atoms with Crippen LogP contribution in [0.4, 0.5) is 26.3 Å². The van der Waals surface area contributed by atoms with E-state index in [2.05, 4.69) is 25.4 Å². The van der Waals surface area contributed by atoms with E-state index in [1.165, 1.54) is 81.1 Å². The van der Waals surface area contributed by atoms with E-state index in [-0.39, 0.29) is 81.9 Å². The Morgan fingerprint density at radius 2 is 1.32 bits per heavy atom. The number of hydrogen-bond donors (Lipinski definition) is 7. The molecule has 0 aliphatic carbocycles. The molecule has 2 amide bonds. The minimum Gasteiger partial charge on any atom is -1.00 e. The van der Waals surface area contributed by atoms with Gasteiger partial charge >= 0.3 is 79.5 Å². The van der Waals surface area contributed by atoms with Crippen LogP contribution in [-0.2, 0) is 31.9 Å². The molecule has 2 saturated heterocycles. The predicted octanol–water partition coefficient (Wildman–Crippen LogP) is 3.33. The van der Waals surface area contributed by atoms with Gasteiger partial charge in [-0.15, -0.1) is 0 Å². The topological polar surface area (TPSA) is 253 Å². The van der Waals surface area contributed by atoms with E-state index < -0.39 is 43.2 Å². The second-order valence-electron chi connectivity index (χ2n) is 16.8. The number of carbonyl (C=O) groups excluding carboxylic acids is 3. The summed E-state index contributed by atoms with van der Waals surface area (Å²) in [4.78, 5) is 58.3. The van der Waals surface area contributed by atoms with Crippen LogP contribution in [0, 0.1) is 18.4 Å². The number of phenolic OH excluding ortho intramolecular Hbond substituents is 2. The van der Waals surface area contributed by atoms with Gasteiger partial charge in [-0.2, -0.15) is 26.3 Å². The Morgan fingerprint density at radius 1 is 0.870 bits per heavy atom. The van der Waals surface area contributed by atoms with Gasteiger partial charge in [0.05, 0.1) is 0 Å². The van der Waals surface area contributed by atoms with E-state index in [4.69, 9.17) is 32.0 Å². The molecule has 2 aromatic carbocycles. The van der Waals surface area contributed by atoms with Crippen LogP contribution in [0.25, 0.3) is 4.85 Å². The quantitative estimate of drug-likeness (QED) is 0.0391. The van der Waals surface area contributed by atoms with Crippen molar-refractivity contribution in [1.82, 2.24) is 30.3 Å². The fraction of sp³-hybridized carbons (Fsp3) is 0.460. The molecule has 2 fully saturated rings. The summed E-state index contributed by atoms with van der Waals surface area (Å²) < 4.78 is 81.6. The maximum atomic E-state index is 13.7. The number of hydrogen-bond acceptors (Lipinski definition) is 13. The van der Waals surface area contributed by atoms with Crippen LogP contribution in [0.15, 0.2) is 97.6 Å². The van der Waals surface area contributed by atoms with Gasteiger partial charge < -0.3 is 52.7 Å². The first-order valence-corrected chi connectivity index (χ1v) is 23.9. The average Bonchev–Trinajstić information content (AvgIpc) is 3.39. The zero-order valence-electron chi connectivity index (χ0n) is 44.5. The molecule has 1 unspecified atom stereocenters. The molecule has 6 rings (SSSR count). The number of benzene rings is 2. The first-order chi connectivity index (χ1) is 35.6. The standard InChI is InChI=1S/C25H32BF3N4O4.C8H8N2.C7H16N2.C7H6O2.C2HF3O2.CH3BO.B.Na.H/c1-26(37)32-15-9-19(10-16-32)11-17-33(24(36)25(27,28)29)22(20-2-4-21(34)5-3-20)23(35)31-14-8-18-6-12-30-13-7-18;1-9-5-2-8-3-6-10-7-4-8;8-4-1-7-2-5-9-6-3-7;8-5-6-1-3-7(9)4-2-6;3-2(4,5)1(6)7;1-2-3;;;/h2-7,12-13,19,22,34,37H,8-11,14-17H2,1H3,(H,31,35);3-4,6-7H,2,5H2;7,9H,1-6,8H2;1-5,9H;(H,6,7);1H3;;;/q;;;;;;;+1;-1. The van der Waals surface area contributed by atoms with Crippen molar-refractivity contribution in [3.8, 4) is 11.5 Å². The van der Waals surface area contributed by atoms with Crippen LogP contribution in [0.5, 0.6) is 11.5 Å². The van der Waals surface area contributed by atoms with Crippen molar-refractivity contribution in [2.24, 2.45) is 17.6 Å². The van der Waals surface area contributed by atoms with Crippen LogP contribution in [0.3, 0.4) is 0 Å². The zero-order valence-corrected chi connectivity index (χ0v) is 45.5. The van der Waals surface area contributed by atoms with Crippen molar-refractivity contribution in [3.63, 3.8) is 0 Å². The Kier molecular flexibility index (Phi) is 39.5. The number of aromatic hydroxyl groups is 2. The molecule has 4 aromatic rings. The van der Waals surface area contributed by atoms with E-state index >= 15 is 0 Å². The number of carbonyl (C=O) groups is 4. The largest absolute Gasteiger partial charge is 1.00 e. The molecule has 2 aliphatic rings. The molecule has 0 spiro atoms. The summed E-state index contributed by atoms with van der Waals surface area (Å²) >= 11 is 0. The van der Waals surface area contributed by atoms with Crippen molar-refractivity contribution in [2.45, 2.75) is 83.4 Å². The molecule has 17 nitrogen and oxygen atoms in total. The van der Waals surface area contributed by atoms with E-state index in [9.17, 15) is 50.9 Å². The first kappa shape index (κ1) is 73.4. The summed E-state index contributed by atoms with van der Waals surface area (Å²) in [7, 11) is 0.152. The number of aromatic nitrogens is 2. The van der Waals surface area contributed by atoms with Gasteiger partial charge in [-0.3, -0.25) is 24.4 Å². The number of aliphatic carboxylic acids is 1. The van der Waals surface area contributed by atoms with Gasteiger partial charge in [0.15, 0.2) is 0 Å². The average molecular weight is 1090 g/mol. The van der Waals surface area contributed by atoms with E-state index in [1.807, 2.05) is 16.9 Å². The number of rotatable bonds is 15. The van der Waals surface area contributed by atoms with Gasteiger partial charge in [0.1, 0.15) is 23.8 Å². The first-order valence-electron chi connectivity index (χ1n) is 23.9. The van der Waals surface area contributed by atoms with E-state index in [0.29, 0.717) is 49.4 Å². The number of halogens is 6. The number of piperidine rings is 2. The molecule has 77 heavy (non-hydrogen) atoms. The van der Waals surface area contributed by atoms with Crippen molar-refractivity contribution in [3.05, 3.63) is 131 Å². The van der Waals surface area contributed by atoms with Crippen molar-refractivity contribution in [2.75, 3.05) is 52.4 Å². The molecule has 2 aromatic heterocycles. The molecular formula is C50H67B3F6N8NaO9. The van der Waals surface area contributed by atoms with Gasteiger partial charge in [-0.25, -0.2) is 11.4 Å². The van der Waals surface area contributed by atoms with E-state index in [0.717, 1.165) is 37.9 Å². The van der Waals surface area contributed by atoms with Gasteiger partial charge in [-0.05, 0) is 174 Å². The number of carboxylic acid groups (broad SMARTS) is 1. The van der Waals surface area contributed by atoms with Crippen LogP contribution in [0.2, 0.25) is 13.6 Å². The summed E-state index contributed by atoms with van der Waals surface area (Å²) in [5.41, 5.74) is 8.26. The molecule has 413 valence electrons. The summed E-state index contributed by atoms with van der Waals surface area (Å²) in [5, 5.41) is 41.3. The number of amides is 2. The number of alkyl halides is 6. The van der Waals surface area contributed by atoms with Gasteiger partial charge in [0.25, 0.3) is 0 Å². The summed E-state index contributed by atoms with van der Waals surface area (Å²) in [6.07, 6.45) is 3.97. The van der Waals surface area contributed by atoms with Crippen LogP contribution in [-0.4, -0.2) is 151 Å². The SMILES string of the molecule is CB(O)N1CCC(CCN(C(=O)C(F)(F)F)C(C(=O)NCCc2ccncc2)c2ccc(O)cc2)CC1.CB=O.NCCC1CCNCC1.O=C(O)C(F)(F)F.O=Cc1ccc(O)cc1.[B].[C-]#[N+]CCc1ccncc1.[H-].[Na+]. The number of aldehydes is 1. The molecule has 3 radical (unpaired) electrons. The Hall–Kier alpha value is -5.68. The molecule has 8 N–H and O–H groups in total. The smallest absolute Gasteiger partial charge is 1.00 e. The van der Waals surface area contributed by atoms with Crippen LogP contribution < -0.4 is 45.9 Å². The summed E-state index contributed by atoms with van der Waals surface area (Å²) in [6, 6.07) is 17.2. The minimum absolute atomic E-state index is 0. The second-order valence-corrected chi connectivity index (χ2v) is 16.8. The maximum absolute atomic E-state index is 13.7. The molecule has 1 atom stereocenters. The normalized spacial score (nSPS) is 13.5. The predicted molar refractivity (Wildman–Crippen MR) is 277 cm³/mol. The van der Waals surface area contributed by atoms with Crippen LogP contribution in [0.1, 0.15) is 73.0 Å². The Morgan fingerprint density at radius 3 is 1.74 bits per heavy atom. The number of nitrogens with two attached hydrogens (primary N) is 1. The second kappa shape index (κ2) is 41.4. The van der Waals surface area contributed by atoms with Gasteiger partial charge in [-0.1, -0.05) is 12.1 Å². The molecule has 0 saturated carbocycles. The number of nitrogens with zero attached hydrogens (tertiary/aromatic N) is 5. The number of pyridine rings is 2. The monoisotopic (exact) mass is 1090 g/mol. The van der Waals surface area contributed by atoms with Crippen molar-refractivity contribution >= 4 is 46.7 Å². The zero-order chi connectivity index (χ0) is 56.2. The Bertz CT molecular complexity index is 2270. The fourth-order valence-electron chi connectivity index (χ4n) is 7.25. The number of nitrogens with one attached hydrogen (secondary N) is 2. The summed E-state index contributed by atoms with van der Waals surface area (Å²) in [5.74, 6) is -4.55. The summed E-state index contributed by atoms with van der Waals surface area (Å²) in [6.45, 7) is 14.6. The van der Waals surface area contributed by atoms with Crippen molar-refractivity contribution in [1.29, 1.82) is 0 Å². The minimum atomic E-state index is -5.16. The van der Waals surface area contributed by atoms with Crippen LogP contribution >= 0.6 is 0 Å². The molecular weight excluding hydrogens is 1030 g/mol. The fourth-order valence-corrected chi connectivity index (χ4v) is 7.25. The van der Waals surface area contributed by atoms with Crippen molar-refractivity contribution < 1.29 is 102 Å². The molecule has 0 bridgehead atoms. The van der Waals surface area contributed by atoms with Gasteiger partial charge in [0.2, 0.25) is 12.5 Å². The molecule has 2 aliphatic heterocycles. The Balaban J connectivity index is -0.00000110. The molecule has 4 heterocycles. The third-order valence-electron chi connectivity index (χ3n) is 11.3. The molecule has 27 heteroatoms. The Labute approximate surface area is 472 Å². The third kappa shape index (κ3) is 32.6.